The number of amidine groups is 1. The van der Waals surface area contributed by atoms with Gasteiger partial charge in [-0.3, -0.25) is 0 Å². The molecule has 1 atom stereocenters. The zero-order valence-electron chi connectivity index (χ0n) is 18.2. The van der Waals surface area contributed by atoms with Crippen LogP contribution < -0.4 is 4.74 Å². The molecule has 7 nitrogen and oxygen atoms in total. The molecule has 0 amide bonds. The molecule has 3 aromatic rings. The van der Waals surface area contributed by atoms with Crippen LogP contribution in [0.5, 0.6) is 5.75 Å². The van der Waals surface area contributed by atoms with Crippen LogP contribution in [0.2, 0.25) is 0 Å². The Morgan fingerprint density at radius 2 is 2.06 bits per heavy atom. The minimum absolute atomic E-state index is 0.176. The molecule has 32 heavy (non-hydrogen) atoms. The molecular formula is C25H26N4O3. The fourth-order valence-corrected chi connectivity index (χ4v) is 4.45. The summed E-state index contributed by atoms with van der Waals surface area (Å²) in [5.41, 5.74) is 3.90. The van der Waals surface area contributed by atoms with Gasteiger partial charge in [0.15, 0.2) is 5.84 Å². The molecule has 3 heterocycles. The number of hydrogen-bond donors (Lipinski definition) is 1. The highest BCUT2D eigenvalue weighted by molar-refractivity contribution is 6.03. The SMILES string of the molecule is COc1cc(/C=C2\CCCN3C2=NOC3(CO)c2ccccc2)ccc1-n1cnc(C)c1. The lowest BCUT2D eigenvalue weighted by Crippen LogP contribution is -2.51. The first-order valence-electron chi connectivity index (χ1n) is 10.7. The van der Waals surface area contributed by atoms with Gasteiger partial charge < -0.3 is 24.1 Å². The molecule has 0 bridgehead atoms. The van der Waals surface area contributed by atoms with Crippen LogP contribution in [0.4, 0.5) is 0 Å². The van der Waals surface area contributed by atoms with Gasteiger partial charge in [-0.25, -0.2) is 4.98 Å². The fraction of sp³-hybridized carbons (Fsp3) is 0.280. The van der Waals surface area contributed by atoms with E-state index in [9.17, 15) is 5.11 Å². The van der Waals surface area contributed by atoms with Gasteiger partial charge in [-0.2, -0.15) is 0 Å². The van der Waals surface area contributed by atoms with Crippen molar-refractivity contribution < 1.29 is 14.7 Å². The van der Waals surface area contributed by atoms with E-state index in [0.29, 0.717) is 0 Å². The van der Waals surface area contributed by atoms with E-state index in [2.05, 4.69) is 27.2 Å². The van der Waals surface area contributed by atoms with Crippen molar-refractivity contribution in [3.63, 3.8) is 0 Å². The Hall–Kier alpha value is -3.58. The van der Waals surface area contributed by atoms with E-state index < -0.39 is 5.72 Å². The maximum atomic E-state index is 10.3. The highest BCUT2D eigenvalue weighted by Crippen LogP contribution is 2.40. The third-order valence-corrected chi connectivity index (χ3v) is 6.06. The second-order valence-corrected chi connectivity index (χ2v) is 8.09. The minimum Gasteiger partial charge on any atom is -0.495 e. The Morgan fingerprint density at radius 3 is 2.78 bits per heavy atom. The van der Waals surface area contributed by atoms with E-state index in [4.69, 9.17) is 9.57 Å². The molecule has 1 N–H and O–H groups in total. The topological polar surface area (TPSA) is 72.1 Å². The second kappa shape index (κ2) is 8.16. The molecule has 0 radical (unpaired) electrons. The van der Waals surface area contributed by atoms with Crippen LogP contribution in [-0.4, -0.2) is 45.7 Å². The zero-order valence-corrected chi connectivity index (χ0v) is 18.2. The summed E-state index contributed by atoms with van der Waals surface area (Å²) in [6.07, 6.45) is 7.72. The lowest BCUT2D eigenvalue weighted by molar-refractivity contribution is -0.137. The number of aliphatic hydroxyl groups is 1. The van der Waals surface area contributed by atoms with Gasteiger partial charge in [0, 0.05) is 18.3 Å². The fourth-order valence-electron chi connectivity index (χ4n) is 4.45. The van der Waals surface area contributed by atoms with Crippen LogP contribution in [-0.2, 0) is 10.6 Å². The Morgan fingerprint density at radius 1 is 1.22 bits per heavy atom. The second-order valence-electron chi connectivity index (χ2n) is 8.09. The number of ether oxygens (including phenoxy) is 1. The molecule has 5 rings (SSSR count). The first-order valence-corrected chi connectivity index (χ1v) is 10.7. The third kappa shape index (κ3) is 3.35. The van der Waals surface area contributed by atoms with Gasteiger partial charge in [0.2, 0.25) is 0 Å². The van der Waals surface area contributed by atoms with E-state index >= 15 is 0 Å². The largest absolute Gasteiger partial charge is 0.495 e. The average Bonchev–Trinajstić information content (AvgIpc) is 3.44. The predicted octanol–water partition coefficient (Wildman–Crippen LogP) is 3.86. The predicted molar refractivity (Wildman–Crippen MR) is 122 cm³/mol. The minimum atomic E-state index is -0.975. The smallest absolute Gasteiger partial charge is 0.260 e. The van der Waals surface area contributed by atoms with Crippen LogP contribution in [0.3, 0.4) is 0 Å². The van der Waals surface area contributed by atoms with Crippen molar-refractivity contribution in [2.75, 3.05) is 20.3 Å². The molecule has 1 fully saturated rings. The van der Waals surface area contributed by atoms with Crippen molar-refractivity contribution in [2.24, 2.45) is 5.16 Å². The number of aromatic nitrogens is 2. The molecule has 0 saturated carbocycles. The molecule has 0 spiro atoms. The van der Waals surface area contributed by atoms with Gasteiger partial charge in [-0.15, -0.1) is 0 Å². The molecule has 2 aromatic carbocycles. The highest BCUT2D eigenvalue weighted by Gasteiger charge is 2.49. The van der Waals surface area contributed by atoms with Gasteiger partial charge in [-0.1, -0.05) is 41.6 Å². The number of methoxy groups -OCH3 is 1. The average molecular weight is 431 g/mol. The number of nitrogens with zero attached hydrogens (tertiary/aromatic N) is 4. The Bertz CT molecular complexity index is 1180. The van der Waals surface area contributed by atoms with Crippen molar-refractivity contribution >= 4 is 11.9 Å². The molecule has 1 unspecified atom stereocenters. The molecule has 7 heteroatoms. The molecule has 164 valence electrons. The molecule has 2 aliphatic heterocycles. The number of aliphatic hydroxyl groups excluding tert-OH is 1. The maximum Gasteiger partial charge on any atom is 0.260 e. The maximum absolute atomic E-state index is 10.3. The number of hydrogen-bond acceptors (Lipinski definition) is 6. The number of imidazole rings is 1. The van der Waals surface area contributed by atoms with Crippen LogP contribution in [0.1, 0.15) is 29.7 Å². The summed E-state index contributed by atoms with van der Waals surface area (Å²) in [5, 5.41) is 14.7. The van der Waals surface area contributed by atoms with Crippen molar-refractivity contribution in [3.05, 3.63) is 83.4 Å². The van der Waals surface area contributed by atoms with E-state index in [1.54, 1.807) is 13.4 Å². The molecule has 0 aliphatic carbocycles. The van der Waals surface area contributed by atoms with Gasteiger partial charge >= 0.3 is 0 Å². The number of benzene rings is 2. The van der Waals surface area contributed by atoms with E-state index in [1.807, 2.05) is 60.2 Å². The van der Waals surface area contributed by atoms with Gasteiger partial charge in [-0.05, 0) is 49.1 Å². The summed E-state index contributed by atoms with van der Waals surface area (Å²) in [6.45, 7) is 2.56. The van der Waals surface area contributed by atoms with Crippen molar-refractivity contribution in [2.45, 2.75) is 25.5 Å². The molecule has 1 aromatic heterocycles. The number of piperidine rings is 1. The summed E-state index contributed by atoms with van der Waals surface area (Å²) in [4.78, 5) is 12.3. The first-order chi connectivity index (χ1) is 15.6. The summed E-state index contributed by atoms with van der Waals surface area (Å²) >= 11 is 0. The van der Waals surface area contributed by atoms with E-state index in [1.165, 1.54) is 0 Å². The van der Waals surface area contributed by atoms with Crippen molar-refractivity contribution in [1.29, 1.82) is 0 Å². The molecule has 2 aliphatic rings. The van der Waals surface area contributed by atoms with Crippen LogP contribution in [0, 0.1) is 6.92 Å². The number of rotatable bonds is 5. The third-order valence-electron chi connectivity index (χ3n) is 6.06. The van der Waals surface area contributed by atoms with E-state index in [-0.39, 0.29) is 6.61 Å². The van der Waals surface area contributed by atoms with Crippen molar-refractivity contribution in [3.8, 4) is 11.4 Å². The van der Waals surface area contributed by atoms with E-state index in [0.717, 1.165) is 59.1 Å². The van der Waals surface area contributed by atoms with Crippen LogP contribution in [0.25, 0.3) is 11.8 Å². The lowest BCUT2D eigenvalue weighted by Gasteiger charge is -2.38. The first kappa shape index (κ1) is 20.3. The van der Waals surface area contributed by atoms with Crippen LogP contribution >= 0.6 is 0 Å². The quantitative estimate of drug-likeness (QED) is 0.666. The van der Waals surface area contributed by atoms with Gasteiger partial charge in [0.1, 0.15) is 12.4 Å². The zero-order chi connectivity index (χ0) is 22.1. The normalized spacial score (nSPS) is 21.3. The summed E-state index contributed by atoms with van der Waals surface area (Å²) in [7, 11) is 1.67. The highest BCUT2D eigenvalue weighted by atomic mass is 16.7. The number of aryl methyl sites for hydroxylation is 1. The Kier molecular flexibility index (Phi) is 5.19. The number of fused-ring (bicyclic) bond motifs is 1. The van der Waals surface area contributed by atoms with Crippen molar-refractivity contribution in [1.82, 2.24) is 14.5 Å². The molecular weight excluding hydrogens is 404 g/mol. The summed E-state index contributed by atoms with van der Waals surface area (Å²) in [5.74, 6) is 1.55. The van der Waals surface area contributed by atoms with Gasteiger partial charge in [0.05, 0.1) is 24.8 Å². The summed E-state index contributed by atoms with van der Waals surface area (Å²) < 4.78 is 7.61. The van der Waals surface area contributed by atoms with Gasteiger partial charge in [0.25, 0.3) is 5.72 Å². The number of oxime groups is 1. The monoisotopic (exact) mass is 430 g/mol. The lowest BCUT2D eigenvalue weighted by atomic mass is 9.95. The standard InChI is InChI=1S/C25H26N4O3/c1-18-15-28(17-26-18)22-11-10-19(14-23(22)31-2)13-20-7-6-12-29-24(20)27-32-25(29,16-30)21-8-4-3-5-9-21/h3-5,8-11,13-15,17,30H,6-7,12,16H2,1-2H3/b20-13+. The summed E-state index contributed by atoms with van der Waals surface area (Å²) in [6, 6.07) is 15.9. The van der Waals surface area contributed by atoms with Crippen LogP contribution in [0.15, 0.2) is 71.8 Å². The Labute approximate surface area is 187 Å². The molecule has 1 saturated heterocycles. The Balaban J connectivity index is 1.48.